The largest absolute Gasteiger partial charge is 0.366 e. The normalized spacial score (nSPS) is 17.0. The van der Waals surface area contributed by atoms with Crippen LogP contribution in [0.15, 0.2) is 48.0 Å². The third-order valence-electron chi connectivity index (χ3n) is 6.99. The molecule has 34 heavy (non-hydrogen) atoms. The fourth-order valence-corrected chi connectivity index (χ4v) is 7.08. The number of fused-ring (bicyclic) bond motifs is 1. The van der Waals surface area contributed by atoms with Crippen LogP contribution in [0.5, 0.6) is 0 Å². The first-order valence-electron chi connectivity index (χ1n) is 12.6. The third-order valence-corrected chi connectivity index (χ3v) is 9.05. The number of amides is 1. The van der Waals surface area contributed by atoms with Crippen molar-refractivity contribution in [3.8, 4) is 0 Å². The minimum absolute atomic E-state index is 0.221. The van der Waals surface area contributed by atoms with Gasteiger partial charge in [-0.05, 0) is 78.8 Å². The summed E-state index contributed by atoms with van der Waals surface area (Å²) in [7, 11) is -3.18. The number of hydrogen-bond donors (Lipinski definition) is 1. The Kier molecular flexibility index (Phi) is 8.08. The molecule has 1 fully saturated rings. The van der Waals surface area contributed by atoms with Crippen molar-refractivity contribution >= 4 is 19.1 Å². The zero-order valence-corrected chi connectivity index (χ0v) is 21.2. The van der Waals surface area contributed by atoms with Crippen molar-refractivity contribution in [2.45, 2.75) is 70.9 Å². The van der Waals surface area contributed by atoms with E-state index in [-0.39, 0.29) is 12.1 Å². The van der Waals surface area contributed by atoms with Gasteiger partial charge in [0.2, 0.25) is 5.91 Å². The van der Waals surface area contributed by atoms with Crippen LogP contribution in [0.3, 0.4) is 0 Å². The molecule has 1 amide bonds. The Morgan fingerprint density at radius 3 is 2.26 bits per heavy atom. The number of hydrogen-bond acceptors (Lipinski definition) is 4. The van der Waals surface area contributed by atoms with Gasteiger partial charge >= 0.3 is 7.60 Å². The zero-order chi connectivity index (χ0) is 24.1. The van der Waals surface area contributed by atoms with Crippen molar-refractivity contribution in [1.82, 2.24) is 0 Å². The van der Waals surface area contributed by atoms with Gasteiger partial charge in [0.1, 0.15) is 0 Å². The Labute approximate surface area is 203 Å². The number of primary amides is 1. The van der Waals surface area contributed by atoms with E-state index in [0.29, 0.717) is 31.1 Å². The van der Waals surface area contributed by atoms with Gasteiger partial charge in [-0.1, -0.05) is 61.7 Å². The molecule has 0 aliphatic heterocycles. The molecule has 0 atom stereocenters. The highest BCUT2D eigenvalue weighted by Crippen LogP contribution is 2.51. The van der Waals surface area contributed by atoms with Gasteiger partial charge in [0.25, 0.3) is 0 Å². The van der Waals surface area contributed by atoms with E-state index < -0.39 is 7.60 Å². The second kappa shape index (κ2) is 11.0. The van der Waals surface area contributed by atoms with Crippen LogP contribution in [0.25, 0.3) is 5.57 Å². The van der Waals surface area contributed by atoms with Crippen molar-refractivity contribution in [2.24, 2.45) is 5.73 Å². The van der Waals surface area contributed by atoms with E-state index in [1.807, 2.05) is 38.1 Å². The summed E-state index contributed by atoms with van der Waals surface area (Å²) in [5.74, 6) is 0.234. The number of carbonyl (C=O) groups excluding carboxylic acids is 1. The van der Waals surface area contributed by atoms with E-state index >= 15 is 0 Å². The molecule has 0 spiro atoms. The lowest BCUT2D eigenvalue weighted by atomic mass is 9.78. The SMILES string of the molecule is CCOP(=O)(Cc1ccc(C2=C(C(N)=O)CCc3ccc(C4CCCCC4)cc32)cc1)OCC. The van der Waals surface area contributed by atoms with Crippen LogP contribution in [0.4, 0.5) is 0 Å². The topological polar surface area (TPSA) is 78.6 Å². The molecule has 2 N–H and O–H groups in total. The van der Waals surface area contributed by atoms with E-state index in [1.165, 1.54) is 43.2 Å². The quantitative estimate of drug-likeness (QED) is 0.403. The van der Waals surface area contributed by atoms with Crippen molar-refractivity contribution in [3.63, 3.8) is 0 Å². The Hall–Kier alpha value is -2.20. The molecule has 0 radical (unpaired) electrons. The first kappa shape index (κ1) is 24.9. The minimum Gasteiger partial charge on any atom is -0.366 e. The number of aryl methyl sites for hydroxylation is 1. The van der Waals surface area contributed by atoms with Gasteiger partial charge in [0, 0.05) is 5.57 Å². The van der Waals surface area contributed by atoms with Crippen LogP contribution in [0.1, 0.15) is 86.1 Å². The summed E-state index contributed by atoms with van der Waals surface area (Å²) in [6.07, 6.45) is 8.04. The highest BCUT2D eigenvalue weighted by Gasteiger charge is 2.27. The number of rotatable bonds is 9. The van der Waals surface area contributed by atoms with Gasteiger partial charge in [0.15, 0.2) is 0 Å². The van der Waals surface area contributed by atoms with Crippen molar-refractivity contribution < 1.29 is 18.4 Å². The standard InChI is InChI=1S/C28H36NO4P/c1-3-32-34(31,33-4-2)19-20-10-12-23(13-11-20)27-25(28(29)30)17-16-22-14-15-24(18-26(22)27)21-8-6-5-7-9-21/h10-15,18,21H,3-9,16-17,19H2,1-2H3,(H2,29,30). The predicted octanol–water partition coefficient (Wildman–Crippen LogP) is 6.73. The average Bonchev–Trinajstić information content (AvgIpc) is 2.84. The van der Waals surface area contributed by atoms with Crippen LogP contribution in [0.2, 0.25) is 0 Å². The van der Waals surface area contributed by atoms with E-state index in [2.05, 4.69) is 18.2 Å². The molecule has 4 rings (SSSR count). The lowest BCUT2D eigenvalue weighted by molar-refractivity contribution is -0.114. The number of nitrogens with two attached hydrogens (primary N) is 1. The van der Waals surface area contributed by atoms with Crippen molar-refractivity contribution in [3.05, 3.63) is 75.9 Å². The Bertz CT molecular complexity index is 1090. The second-order valence-corrected chi connectivity index (χ2v) is 11.3. The molecule has 1 saturated carbocycles. The van der Waals surface area contributed by atoms with Crippen LogP contribution < -0.4 is 5.73 Å². The number of carbonyl (C=O) groups is 1. The van der Waals surface area contributed by atoms with Crippen molar-refractivity contribution in [2.75, 3.05) is 13.2 Å². The maximum atomic E-state index is 12.9. The molecule has 5 nitrogen and oxygen atoms in total. The first-order chi connectivity index (χ1) is 16.4. The molecule has 182 valence electrons. The molecule has 6 heteroatoms. The van der Waals surface area contributed by atoms with Crippen molar-refractivity contribution in [1.29, 1.82) is 0 Å². The molecule has 0 saturated heterocycles. The van der Waals surface area contributed by atoms with Gasteiger partial charge in [-0.15, -0.1) is 0 Å². The molecular formula is C28H36NO4P. The van der Waals surface area contributed by atoms with Gasteiger partial charge in [0.05, 0.1) is 19.4 Å². The summed E-state index contributed by atoms with van der Waals surface area (Å²) in [5.41, 5.74) is 13.1. The predicted molar refractivity (Wildman–Crippen MR) is 137 cm³/mol. The summed E-state index contributed by atoms with van der Waals surface area (Å²) in [6.45, 7) is 4.30. The molecular weight excluding hydrogens is 445 g/mol. The number of benzene rings is 2. The van der Waals surface area contributed by atoms with E-state index in [4.69, 9.17) is 14.8 Å². The van der Waals surface area contributed by atoms with E-state index in [1.54, 1.807) is 0 Å². The highest BCUT2D eigenvalue weighted by molar-refractivity contribution is 7.53. The average molecular weight is 482 g/mol. The van der Waals surface area contributed by atoms with Crippen LogP contribution in [0, 0.1) is 0 Å². The Morgan fingerprint density at radius 1 is 0.971 bits per heavy atom. The third kappa shape index (κ3) is 5.54. The molecule has 2 aromatic carbocycles. The summed E-state index contributed by atoms with van der Waals surface area (Å²) in [4.78, 5) is 12.4. The fourth-order valence-electron chi connectivity index (χ4n) is 5.38. The first-order valence-corrected chi connectivity index (χ1v) is 14.3. The summed E-state index contributed by atoms with van der Waals surface area (Å²) >= 11 is 0. The van der Waals surface area contributed by atoms with E-state index in [9.17, 15) is 9.36 Å². The molecule has 2 aliphatic carbocycles. The van der Waals surface area contributed by atoms with Gasteiger partial charge in [-0.25, -0.2) is 0 Å². The second-order valence-electron chi connectivity index (χ2n) is 9.27. The molecule has 0 bridgehead atoms. The van der Waals surface area contributed by atoms with E-state index in [0.717, 1.165) is 28.7 Å². The highest BCUT2D eigenvalue weighted by atomic mass is 31.2. The summed E-state index contributed by atoms with van der Waals surface area (Å²) < 4.78 is 23.8. The Balaban J connectivity index is 1.69. The summed E-state index contributed by atoms with van der Waals surface area (Å²) in [6, 6.07) is 14.7. The Morgan fingerprint density at radius 2 is 1.65 bits per heavy atom. The zero-order valence-electron chi connectivity index (χ0n) is 20.3. The molecule has 2 aliphatic rings. The molecule has 2 aromatic rings. The van der Waals surface area contributed by atoms with Crippen LogP contribution in [-0.2, 0) is 31.0 Å². The molecule has 0 aromatic heterocycles. The monoisotopic (exact) mass is 481 g/mol. The van der Waals surface area contributed by atoms with Gasteiger partial charge in [-0.3, -0.25) is 9.36 Å². The fraction of sp³-hybridized carbons (Fsp3) is 0.464. The van der Waals surface area contributed by atoms with Gasteiger partial charge < -0.3 is 14.8 Å². The van der Waals surface area contributed by atoms with Crippen LogP contribution >= 0.6 is 7.60 Å². The summed E-state index contributed by atoms with van der Waals surface area (Å²) in [5, 5.41) is 0. The van der Waals surface area contributed by atoms with Crippen LogP contribution in [-0.4, -0.2) is 19.1 Å². The maximum absolute atomic E-state index is 12.9. The smallest absolute Gasteiger partial charge is 0.335 e. The minimum atomic E-state index is -3.18. The lowest BCUT2D eigenvalue weighted by Crippen LogP contribution is -2.20. The molecule has 0 heterocycles. The lowest BCUT2D eigenvalue weighted by Gasteiger charge is -2.27. The maximum Gasteiger partial charge on any atom is 0.335 e. The molecule has 0 unspecified atom stereocenters. The van der Waals surface area contributed by atoms with Gasteiger partial charge in [-0.2, -0.15) is 0 Å².